The molecule has 0 spiro atoms. The van der Waals surface area contributed by atoms with Crippen molar-refractivity contribution >= 4 is 11.8 Å². The van der Waals surface area contributed by atoms with Crippen LogP contribution in [0.5, 0.6) is 0 Å². The lowest BCUT2D eigenvalue weighted by atomic mass is 9.79. The van der Waals surface area contributed by atoms with Gasteiger partial charge in [0.05, 0.1) is 12.1 Å². The average Bonchev–Trinajstić information content (AvgIpc) is 3.02. The van der Waals surface area contributed by atoms with Crippen LogP contribution in [0.1, 0.15) is 116 Å². The first-order chi connectivity index (χ1) is 21.7. The van der Waals surface area contributed by atoms with Crippen LogP contribution < -0.4 is 10.6 Å². The maximum Gasteiger partial charge on any atom is 0.253 e. The number of aliphatic hydroxyl groups excluding tert-OH is 1. The van der Waals surface area contributed by atoms with Gasteiger partial charge in [-0.15, -0.1) is 0 Å². The van der Waals surface area contributed by atoms with Gasteiger partial charge in [-0.2, -0.15) is 0 Å². The molecule has 2 fully saturated rings. The first-order valence-corrected chi connectivity index (χ1v) is 17.2. The van der Waals surface area contributed by atoms with E-state index in [4.69, 9.17) is 0 Å². The van der Waals surface area contributed by atoms with Crippen molar-refractivity contribution in [3.63, 3.8) is 0 Å². The summed E-state index contributed by atoms with van der Waals surface area (Å²) in [5.41, 5.74) is 1.89. The summed E-state index contributed by atoms with van der Waals surface area (Å²) in [5, 5.41) is 18.2. The second kappa shape index (κ2) is 17.2. The van der Waals surface area contributed by atoms with Crippen molar-refractivity contribution in [3.05, 3.63) is 70.3 Å². The Kier molecular flexibility index (Phi) is 13.4. The first-order valence-electron chi connectivity index (χ1n) is 17.2. The minimum Gasteiger partial charge on any atom is -0.389 e. The highest BCUT2D eigenvalue weighted by molar-refractivity contribution is 6.00. The van der Waals surface area contributed by atoms with Crippen molar-refractivity contribution < 1.29 is 23.5 Å². The van der Waals surface area contributed by atoms with Gasteiger partial charge in [-0.05, 0) is 98.9 Å². The van der Waals surface area contributed by atoms with E-state index in [0.29, 0.717) is 35.7 Å². The number of hydrogen-bond acceptors (Lipinski definition) is 4. The molecule has 4 rings (SSSR count). The lowest BCUT2D eigenvalue weighted by Crippen LogP contribution is -2.56. The van der Waals surface area contributed by atoms with E-state index in [0.717, 1.165) is 56.2 Å². The zero-order valence-corrected chi connectivity index (χ0v) is 27.4. The molecule has 1 aliphatic heterocycles. The maximum atomic E-state index is 14.2. The summed E-state index contributed by atoms with van der Waals surface area (Å²) in [6, 6.07) is 7.37. The summed E-state index contributed by atoms with van der Waals surface area (Å²) in [6.45, 7) is 7.95. The molecular weight excluding hydrogens is 572 g/mol. The van der Waals surface area contributed by atoms with Gasteiger partial charge in [0.2, 0.25) is 0 Å². The van der Waals surface area contributed by atoms with Gasteiger partial charge in [-0.25, -0.2) is 8.78 Å². The minimum absolute atomic E-state index is 0.0604. The van der Waals surface area contributed by atoms with Crippen molar-refractivity contribution in [1.82, 2.24) is 15.5 Å². The molecule has 2 amide bonds. The third kappa shape index (κ3) is 10.3. The van der Waals surface area contributed by atoms with Crippen molar-refractivity contribution in [2.75, 3.05) is 19.6 Å². The summed E-state index contributed by atoms with van der Waals surface area (Å²) in [7, 11) is 0. The van der Waals surface area contributed by atoms with Crippen molar-refractivity contribution in [2.45, 2.75) is 116 Å². The van der Waals surface area contributed by atoms with Crippen molar-refractivity contribution in [2.24, 2.45) is 11.8 Å². The second-order valence-corrected chi connectivity index (χ2v) is 13.5. The lowest BCUT2D eigenvalue weighted by molar-refractivity contribution is 0.0560. The fourth-order valence-electron chi connectivity index (χ4n) is 7.35. The van der Waals surface area contributed by atoms with Crippen LogP contribution in [0, 0.1) is 30.4 Å². The monoisotopic (exact) mass is 625 g/mol. The van der Waals surface area contributed by atoms with E-state index in [1.165, 1.54) is 50.7 Å². The van der Waals surface area contributed by atoms with Gasteiger partial charge in [-0.1, -0.05) is 58.8 Å². The number of aliphatic hydroxyl groups is 1. The zero-order valence-electron chi connectivity index (χ0n) is 27.4. The molecule has 1 saturated carbocycles. The van der Waals surface area contributed by atoms with Crippen LogP contribution in [0.2, 0.25) is 0 Å². The molecule has 1 heterocycles. The predicted octanol–water partition coefficient (Wildman–Crippen LogP) is 6.97. The van der Waals surface area contributed by atoms with E-state index in [2.05, 4.69) is 10.6 Å². The third-order valence-corrected chi connectivity index (χ3v) is 9.63. The summed E-state index contributed by atoms with van der Waals surface area (Å²) < 4.78 is 28.3. The van der Waals surface area contributed by atoms with Gasteiger partial charge in [0.25, 0.3) is 11.8 Å². The van der Waals surface area contributed by atoms with Crippen LogP contribution >= 0.6 is 0 Å². The van der Waals surface area contributed by atoms with Crippen LogP contribution in [-0.4, -0.2) is 59.6 Å². The fourth-order valence-corrected chi connectivity index (χ4v) is 7.35. The number of rotatable bonds is 14. The molecule has 0 radical (unpaired) electrons. The molecule has 2 aliphatic rings. The number of amides is 2. The van der Waals surface area contributed by atoms with E-state index >= 15 is 0 Å². The van der Waals surface area contributed by atoms with Gasteiger partial charge < -0.3 is 20.6 Å². The summed E-state index contributed by atoms with van der Waals surface area (Å²) in [5.74, 6) is -0.670. The fraction of sp³-hybridized carbons (Fsp3) is 0.622. The minimum atomic E-state index is -0.978. The highest BCUT2D eigenvalue weighted by Crippen LogP contribution is 2.32. The predicted molar refractivity (Wildman–Crippen MR) is 175 cm³/mol. The van der Waals surface area contributed by atoms with Crippen LogP contribution in [0.15, 0.2) is 36.4 Å². The van der Waals surface area contributed by atoms with Crippen molar-refractivity contribution in [1.29, 1.82) is 0 Å². The highest BCUT2D eigenvalue weighted by Gasteiger charge is 2.34. The molecule has 0 bridgehead atoms. The van der Waals surface area contributed by atoms with E-state index in [1.54, 1.807) is 23.1 Å². The number of halogens is 2. The normalized spacial score (nSPS) is 20.4. The molecular formula is C37H53F2N3O3. The molecule has 2 aromatic carbocycles. The molecule has 248 valence electrons. The standard InChI is InChI=1S/C37H53F2N3O3/c1-4-15-42(16-5-2)37(45)30-18-25(3)17-29(23-30)36(44)41-34(22-28-19-31(38)24-32(39)20-28)35(43)33-21-27(13-14-40-33)12-11-26-9-7-6-8-10-26/h17-20,23-24,26-27,33-35,40,43H,4-16,21-22H2,1-3H3,(H,41,44)/t27-,33+,34-,35+/m0/s1. The SMILES string of the molecule is CCCN(CCC)C(=O)c1cc(C)cc(C(=O)N[C@@H](Cc2cc(F)cc(F)c2)[C@H](O)[C@H]2C[C@@H](CCC3CCCCC3)CCN2)c1. The van der Waals surface area contributed by atoms with Crippen LogP contribution in [0.25, 0.3) is 0 Å². The van der Waals surface area contributed by atoms with Gasteiger partial charge in [0.1, 0.15) is 11.6 Å². The molecule has 1 aliphatic carbocycles. The molecule has 2 aromatic rings. The largest absolute Gasteiger partial charge is 0.389 e. The van der Waals surface area contributed by atoms with Gasteiger partial charge >= 0.3 is 0 Å². The van der Waals surface area contributed by atoms with Gasteiger partial charge in [0.15, 0.2) is 0 Å². The lowest BCUT2D eigenvalue weighted by Gasteiger charge is -2.37. The molecule has 3 N–H and O–H groups in total. The third-order valence-electron chi connectivity index (χ3n) is 9.63. The Balaban J connectivity index is 1.52. The maximum absolute atomic E-state index is 14.2. The number of nitrogens with one attached hydrogen (secondary N) is 2. The zero-order chi connectivity index (χ0) is 32.3. The van der Waals surface area contributed by atoms with Crippen LogP contribution in [0.3, 0.4) is 0 Å². The highest BCUT2D eigenvalue weighted by atomic mass is 19.1. The quantitative estimate of drug-likeness (QED) is 0.212. The molecule has 0 unspecified atom stereocenters. The van der Waals surface area contributed by atoms with Gasteiger partial charge in [-0.3, -0.25) is 9.59 Å². The smallest absolute Gasteiger partial charge is 0.253 e. The number of benzene rings is 2. The Labute approximate surface area is 268 Å². The number of aryl methyl sites for hydroxylation is 1. The van der Waals surface area contributed by atoms with E-state index in [-0.39, 0.29) is 18.4 Å². The number of hydrogen-bond donors (Lipinski definition) is 3. The molecule has 1 saturated heterocycles. The number of carbonyl (C=O) groups is 2. The van der Waals surface area contributed by atoms with Gasteiger partial charge in [0, 0.05) is 36.3 Å². The average molecular weight is 626 g/mol. The molecule has 45 heavy (non-hydrogen) atoms. The topological polar surface area (TPSA) is 81.7 Å². The molecule has 0 aromatic heterocycles. The van der Waals surface area contributed by atoms with Crippen LogP contribution in [-0.2, 0) is 6.42 Å². The number of carbonyl (C=O) groups excluding carboxylic acids is 2. The van der Waals surface area contributed by atoms with E-state index < -0.39 is 29.7 Å². The number of piperidine rings is 1. The summed E-state index contributed by atoms with van der Waals surface area (Å²) in [6.07, 6.45) is 11.6. The van der Waals surface area contributed by atoms with Crippen LogP contribution in [0.4, 0.5) is 8.78 Å². The summed E-state index contributed by atoms with van der Waals surface area (Å²) >= 11 is 0. The molecule has 6 nitrogen and oxygen atoms in total. The Morgan fingerprint density at radius 1 is 0.911 bits per heavy atom. The Hall–Kier alpha value is -2.84. The Morgan fingerprint density at radius 2 is 1.56 bits per heavy atom. The Morgan fingerprint density at radius 3 is 2.22 bits per heavy atom. The molecule has 4 atom stereocenters. The van der Waals surface area contributed by atoms with E-state index in [9.17, 15) is 23.5 Å². The summed E-state index contributed by atoms with van der Waals surface area (Å²) in [4.78, 5) is 28.9. The second-order valence-electron chi connectivity index (χ2n) is 13.5. The molecule has 8 heteroatoms. The van der Waals surface area contributed by atoms with Crippen molar-refractivity contribution in [3.8, 4) is 0 Å². The van der Waals surface area contributed by atoms with E-state index in [1.807, 2.05) is 20.8 Å². The number of nitrogens with zero attached hydrogens (tertiary/aromatic N) is 1. The first kappa shape index (κ1) is 35.0. The Bertz CT molecular complexity index is 1240.